The van der Waals surface area contributed by atoms with Gasteiger partial charge in [-0.3, -0.25) is 4.79 Å². The van der Waals surface area contributed by atoms with Crippen LogP contribution in [0.25, 0.3) is 22.4 Å². The molecule has 2 aliphatic heterocycles. The molecular formula is C24H24FN7O. The maximum absolute atomic E-state index is 14.3. The van der Waals surface area contributed by atoms with E-state index in [9.17, 15) is 9.18 Å². The van der Waals surface area contributed by atoms with Crippen molar-refractivity contribution in [3.63, 3.8) is 0 Å². The number of halogens is 1. The third-order valence-corrected chi connectivity index (χ3v) is 6.94. The predicted octanol–water partition coefficient (Wildman–Crippen LogP) is 3.51. The van der Waals surface area contributed by atoms with Crippen molar-refractivity contribution in [2.24, 2.45) is 0 Å². The van der Waals surface area contributed by atoms with Crippen LogP contribution in [0.1, 0.15) is 34.5 Å². The second-order valence-electron chi connectivity index (χ2n) is 8.87. The third-order valence-electron chi connectivity index (χ3n) is 6.94. The van der Waals surface area contributed by atoms with Gasteiger partial charge in [0.15, 0.2) is 5.65 Å². The van der Waals surface area contributed by atoms with Crippen LogP contribution < -0.4 is 16.0 Å². The lowest BCUT2D eigenvalue weighted by Crippen LogP contribution is -2.54. The van der Waals surface area contributed by atoms with Crippen molar-refractivity contribution in [2.75, 3.05) is 25.0 Å². The Morgan fingerprint density at radius 3 is 2.94 bits per heavy atom. The number of rotatable bonds is 3. The Balaban J connectivity index is 1.62. The van der Waals surface area contributed by atoms with E-state index < -0.39 is 0 Å². The van der Waals surface area contributed by atoms with Crippen molar-refractivity contribution < 1.29 is 9.18 Å². The minimum Gasteiger partial charge on any atom is -0.355 e. The lowest BCUT2D eigenvalue weighted by atomic mass is 9.74. The molecule has 1 aromatic carbocycles. The van der Waals surface area contributed by atoms with Crippen LogP contribution in [0.3, 0.4) is 0 Å². The van der Waals surface area contributed by atoms with E-state index in [4.69, 9.17) is 0 Å². The number of hydrogen-bond donors (Lipinski definition) is 5. The van der Waals surface area contributed by atoms with Crippen LogP contribution in [0.2, 0.25) is 0 Å². The van der Waals surface area contributed by atoms with Gasteiger partial charge in [-0.1, -0.05) is 6.07 Å². The molecule has 5 heterocycles. The van der Waals surface area contributed by atoms with Crippen LogP contribution in [0.15, 0.2) is 36.8 Å². The molecule has 0 aliphatic carbocycles. The van der Waals surface area contributed by atoms with Gasteiger partial charge < -0.3 is 25.9 Å². The van der Waals surface area contributed by atoms with Gasteiger partial charge in [0, 0.05) is 47.2 Å². The predicted molar refractivity (Wildman–Crippen MR) is 124 cm³/mol. The van der Waals surface area contributed by atoms with Crippen LogP contribution in [-0.2, 0) is 5.41 Å². The molecule has 3 aromatic heterocycles. The first-order chi connectivity index (χ1) is 16.1. The Bertz CT molecular complexity index is 1380. The van der Waals surface area contributed by atoms with E-state index in [-0.39, 0.29) is 17.1 Å². The summed E-state index contributed by atoms with van der Waals surface area (Å²) < 4.78 is 14.3. The monoisotopic (exact) mass is 445 g/mol. The van der Waals surface area contributed by atoms with Gasteiger partial charge in [-0.25, -0.2) is 14.4 Å². The van der Waals surface area contributed by atoms with Crippen molar-refractivity contribution in [1.82, 2.24) is 30.6 Å². The van der Waals surface area contributed by atoms with Crippen LogP contribution in [0.4, 0.5) is 15.8 Å². The summed E-state index contributed by atoms with van der Waals surface area (Å²) in [4.78, 5) is 28.6. The number of benzene rings is 1. The molecule has 1 unspecified atom stereocenters. The van der Waals surface area contributed by atoms with Crippen LogP contribution in [0, 0.1) is 12.7 Å². The van der Waals surface area contributed by atoms with Crippen LogP contribution in [0.5, 0.6) is 0 Å². The molecule has 1 saturated heterocycles. The van der Waals surface area contributed by atoms with Crippen LogP contribution in [-0.4, -0.2) is 45.5 Å². The number of carbonyl (C=O) groups excluding carboxylic acids is 1. The minimum atomic E-state index is -0.303. The summed E-state index contributed by atoms with van der Waals surface area (Å²) in [6.45, 7) is 4.03. The molecule has 1 spiro atoms. The van der Waals surface area contributed by atoms with Crippen molar-refractivity contribution in [2.45, 2.75) is 25.2 Å². The Morgan fingerprint density at radius 2 is 2.09 bits per heavy atom. The number of pyridine rings is 1. The Labute approximate surface area is 189 Å². The molecule has 1 atom stereocenters. The zero-order chi connectivity index (χ0) is 22.6. The van der Waals surface area contributed by atoms with Gasteiger partial charge in [0.25, 0.3) is 5.91 Å². The highest BCUT2D eigenvalue weighted by Crippen LogP contribution is 2.45. The number of nitrogens with zero attached hydrogens (tertiary/aromatic N) is 2. The second-order valence-corrected chi connectivity index (χ2v) is 8.87. The van der Waals surface area contributed by atoms with Gasteiger partial charge in [-0.2, -0.15) is 0 Å². The number of H-pyrrole nitrogens is 2. The normalized spacial score (nSPS) is 20.1. The van der Waals surface area contributed by atoms with E-state index >= 15 is 0 Å². The minimum absolute atomic E-state index is 0.143. The highest BCUT2D eigenvalue weighted by molar-refractivity contribution is 6.08. The lowest BCUT2D eigenvalue weighted by molar-refractivity contribution is 0.0916. The topological polar surface area (TPSA) is 111 Å². The molecule has 1 amide bonds. The van der Waals surface area contributed by atoms with Gasteiger partial charge in [0.05, 0.1) is 28.8 Å². The number of amides is 1. The number of nitrogens with one attached hydrogen (secondary N) is 5. The van der Waals surface area contributed by atoms with E-state index in [1.165, 1.54) is 6.07 Å². The summed E-state index contributed by atoms with van der Waals surface area (Å²) in [5.41, 5.74) is 5.95. The fourth-order valence-corrected chi connectivity index (χ4v) is 5.14. The molecular weight excluding hydrogens is 421 g/mol. The first-order valence-corrected chi connectivity index (χ1v) is 11.1. The van der Waals surface area contributed by atoms with Gasteiger partial charge in [-0.05, 0) is 44.5 Å². The number of carbonyl (C=O) groups is 1. The molecule has 5 N–H and O–H groups in total. The maximum Gasteiger partial charge on any atom is 0.255 e. The maximum atomic E-state index is 14.3. The third kappa shape index (κ3) is 3.03. The highest BCUT2D eigenvalue weighted by Gasteiger charge is 2.44. The molecule has 6 rings (SSSR count). The number of piperidine rings is 1. The molecule has 168 valence electrons. The number of aromatic nitrogens is 4. The molecule has 2 aliphatic rings. The standard InChI is InChI=1S/C24H24FN7O/c1-13-15(25)4-2-5-16(13)31-20-17-21(24(11-28-23(17)33)7-3-8-26-10-24)32-18(20)14-6-9-27-22-19(14)29-12-30-22/h2,4-6,9,12,26,31-32H,3,7-8,10-11H2,1H3,(H,28,33)(H,27,29,30). The molecule has 0 saturated carbocycles. The smallest absolute Gasteiger partial charge is 0.255 e. The molecule has 1 fully saturated rings. The Morgan fingerprint density at radius 1 is 1.18 bits per heavy atom. The molecule has 33 heavy (non-hydrogen) atoms. The summed E-state index contributed by atoms with van der Waals surface area (Å²) in [7, 11) is 0. The first kappa shape index (κ1) is 19.9. The van der Waals surface area contributed by atoms with Gasteiger partial charge in [0.1, 0.15) is 5.82 Å². The molecule has 8 nitrogen and oxygen atoms in total. The van der Waals surface area contributed by atoms with Crippen molar-refractivity contribution in [3.8, 4) is 11.3 Å². The lowest BCUT2D eigenvalue weighted by Gasteiger charge is -2.40. The number of hydrogen-bond acceptors (Lipinski definition) is 5. The fourth-order valence-electron chi connectivity index (χ4n) is 5.14. The molecule has 0 bridgehead atoms. The molecule has 0 radical (unpaired) electrons. The average molecular weight is 446 g/mol. The number of fused-ring (bicyclic) bond motifs is 3. The highest BCUT2D eigenvalue weighted by atomic mass is 19.1. The zero-order valence-electron chi connectivity index (χ0n) is 18.2. The van der Waals surface area contributed by atoms with E-state index in [0.29, 0.717) is 34.7 Å². The first-order valence-electron chi connectivity index (χ1n) is 11.1. The quantitative estimate of drug-likeness (QED) is 0.332. The number of imidazole rings is 1. The van der Waals surface area contributed by atoms with E-state index in [2.05, 4.69) is 35.9 Å². The fraction of sp³-hybridized carbons (Fsp3) is 0.292. The summed E-state index contributed by atoms with van der Waals surface area (Å²) in [5, 5.41) is 9.99. The number of aromatic amines is 2. The summed E-state index contributed by atoms with van der Waals surface area (Å²) in [5.74, 6) is -0.446. The summed E-state index contributed by atoms with van der Waals surface area (Å²) in [6.07, 6.45) is 5.29. The van der Waals surface area contributed by atoms with Crippen molar-refractivity contribution in [1.29, 1.82) is 0 Å². The SMILES string of the molecule is Cc1c(F)cccc1Nc1c(-c2ccnc3nc[nH]c23)[nH]c2c1C(=O)NCC21CCCNC1. The summed E-state index contributed by atoms with van der Waals surface area (Å²) >= 11 is 0. The van der Waals surface area contributed by atoms with Gasteiger partial charge in [0.2, 0.25) is 0 Å². The van der Waals surface area contributed by atoms with E-state index in [0.717, 1.165) is 48.4 Å². The second kappa shape index (κ2) is 7.41. The molecule has 9 heteroatoms. The van der Waals surface area contributed by atoms with Crippen molar-refractivity contribution in [3.05, 3.63) is 59.4 Å². The van der Waals surface area contributed by atoms with Crippen LogP contribution >= 0.6 is 0 Å². The van der Waals surface area contributed by atoms with Gasteiger partial charge in [-0.15, -0.1) is 0 Å². The largest absolute Gasteiger partial charge is 0.355 e. The Kier molecular flexibility index (Phi) is 4.48. The average Bonchev–Trinajstić information content (AvgIpc) is 3.46. The molecule has 4 aromatic rings. The zero-order valence-corrected chi connectivity index (χ0v) is 18.2. The number of anilines is 2. The Hall–Kier alpha value is -3.72. The summed E-state index contributed by atoms with van der Waals surface area (Å²) in [6, 6.07) is 6.81. The van der Waals surface area contributed by atoms with E-state index in [1.807, 2.05) is 12.1 Å². The van der Waals surface area contributed by atoms with Crippen molar-refractivity contribution >= 4 is 28.4 Å². The van der Waals surface area contributed by atoms with E-state index in [1.54, 1.807) is 25.5 Å². The van der Waals surface area contributed by atoms with Gasteiger partial charge >= 0.3 is 0 Å².